The molecule has 1 N–H and O–H groups in total. The molecule has 0 radical (unpaired) electrons. The van der Waals surface area contributed by atoms with Crippen LogP contribution in [0.1, 0.15) is 24.4 Å². The van der Waals surface area contributed by atoms with Crippen LogP contribution < -0.4 is 15.0 Å². The quantitative estimate of drug-likeness (QED) is 0.379. The Hall–Kier alpha value is -4.10. The number of urea groups is 1. The maximum absolute atomic E-state index is 13.3. The number of carbonyl (C=O) groups excluding carboxylic acids is 1. The zero-order chi connectivity index (χ0) is 23.7. The van der Waals surface area contributed by atoms with Crippen LogP contribution in [0.15, 0.2) is 89.1 Å². The number of allylic oxidation sites excluding steroid dienone is 1. The van der Waals surface area contributed by atoms with Gasteiger partial charge in [-0.15, -0.1) is 0 Å². The van der Waals surface area contributed by atoms with Gasteiger partial charge >= 0.3 is 6.03 Å². The van der Waals surface area contributed by atoms with Crippen LogP contribution in [-0.4, -0.2) is 23.3 Å². The fourth-order valence-corrected chi connectivity index (χ4v) is 4.21. The molecule has 1 aromatic heterocycles. The molecular formula is C26H21ClN4O3. The Bertz CT molecular complexity index is 1370. The summed E-state index contributed by atoms with van der Waals surface area (Å²) in [5.41, 5.74) is 3.68. The molecule has 0 fully saturated rings. The average Bonchev–Trinajstić information content (AvgIpc) is 3.34. The lowest BCUT2D eigenvalue weighted by molar-refractivity contribution is 0.244. The van der Waals surface area contributed by atoms with Gasteiger partial charge in [-0.05, 0) is 42.8 Å². The number of anilines is 1. The summed E-state index contributed by atoms with van der Waals surface area (Å²) in [7, 11) is 1.61. The molecule has 1 aliphatic rings. The molecule has 0 bridgehead atoms. The van der Waals surface area contributed by atoms with Crippen molar-refractivity contribution >= 4 is 28.9 Å². The van der Waals surface area contributed by atoms with E-state index >= 15 is 0 Å². The van der Waals surface area contributed by atoms with Gasteiger partial charge in [-0.1, -0.05) is 65.3 Å². The third-order valence-electron chi connectivity index (χ3n) is 5.69. The number of halogens is 1. The smallest absolute Gasteiger partial charge is 0.326 e. The van der Waals surface area contributed by atoms with Crippen LogP contribution in [0.3, 0.4) is 0 Å². The van der Waals surface area contributed by atoms with E-state index in [4.69, 9.17) is 20.9 Å². The second kappa shape index (κ2) is 9.03. The Morgan fingerprint density at radius 3 is 2.50 bits per heavy atom. The molecule has 2 amide bonds. The molecule has 0 spiro atoms. The van der Waals surface area contributed by atoms with E-state index in [0.717, 1.165) is 16.9 Å². The monoisotopic (exact) mass is 472 g/mol. The fourth-order valence-electron chi connectivity index (χ4n) is 4.03. The summed E-state index contributed by atoms with van der Waals surface area (Å²) in [6.45, 7) is 1.86. The van der Waals surface area contributed by atoms with E-state index in [0.29, 0.717) is 33.7 Å². The second-order valence-electron chi connectivity index (χ2n) is 7.76. The molecule has 1 atom stereocenters. The van der Waals surface area contributed by atoms with E-state index in [-0.39, 0.29) is 6.03 Å². The van der Waals surface area contributed by atoms with Crippen molar-refractivity contribution in [1.29, 1.82) is 0 Å². The fraction of sp³-hybridized carbons (Fsp3) is 0.115. The SMILES string of the molecule is COc1ccc(C2NC(=O)N(c3cccc(Cl)c3)C(C)=C2c2nc(-c3ccccc3)no2)cc1. The van der Waals surface area contributed by atoms with E-state index in [1.807, 2.05) is 67.6 Å². The first-order valence-corrected chi connectivity index (χ1v) is 11.0. The molecular weight excluding hydrogens is 452 g/mol. The first kappa shape index (κ1) is 21.7. The average molecular weight is 473 g/mol. The highest BCUT2D eigenvalue weighted by Gasteiger charge is 2.36. The van der Waals surface area contributed by atoms with Gasteiger partial charge in [0.25, 0.3) is 5.89 Å². The van der Waals surface area contributed by atoms with Crippen LogP contribution in [0.4, 0.5) is 10.5 Å². The Kier molecular flexibility index (Phi) is 5.77. The molecule has 2 heterocycles. The Morgan fingerprint density at radius 1 is 1.03 bits per heavy atom. The minimum Gasteiger partial charge on any atom is -0.497 e. The highest BCUT2D eigenvalue weighted by molar-refractivity contribution is 6.31. The Balaban J connectivity index is 1.65. The van der Waals surface area contributed by atoms with Crippen molar-refractivity contribution in [2.45, 2.75) is 13.0 Å². The number of nitrogens with zero attached hydrogens (tertiary/aromatic N) is 3. The van der Waals surface area contributed by atoms with E-state index in [1.165, 1.54) is 0 Å². The molecule has 170 valence electrons. The molecule has 0 saturated heterocycles. The molecule has 34 heavy (non-hydrogen) atoms. The van der Waals surface area contributed by atoms with Crippen LogP contribution in [0, 0.1) is 0 Å². The van der Waals surface area contributed by atoms with Crippen LogP contribution in [-0.2, 0) is 0 Å². The summed E-state index contributed by atoms with van der Waals surface area (Å²) in [5.74, 6) is 1.51. The van der Waals surface area contributed by atoms with Gasteiger partial charge in [0.2, 0.25) is 5.82 Å². The molecule has 5 rings (SSSR count). The Labute approximate surface area is 201 Å². The molecule has 3 aromatic carbocycles. The number of amides is 2. The number of hydrogen-bond acceptors (Lipinski definition) is 5. The van der Waals surface area contributed by atoms with Crippen molar-refractivity contribution in [1.82, 2.24) is 15.5 Å². The van der Waals surface area contributed by atoms with Gasteiger partial charge in [-0.25, -0.2) is 4.79 Å². The van der Waals surface area contributed by atoms with Crippen LogP contribution in [0.2, 0.25) is 5.02 Å². The summed E-state index contributed by atoms with van der Waals surface area (Å²) in [5, 5.41) is 7.80. The lowest BCUT2D eigenvalue weighted by Gasteiger charge is -2.35. The summed E-state index contributed by atoms with van der Waals surface area (Å²) in [6.07, 6.45) is 0. The number of aromatic nitrogens is 2. The van der Waals surface area contributed by atoms with Crippen molar-refractivity contribution in [3.8, 4) is 17.1 Å². The maximum atomic E-state index is 13.3. The van der Waals surface area contributed by atoms with Gasteiger partial charge in [0.05, 0.1) is 24.4 Å². The minimum absolute atomic E-state index is 0.285. The minimum atomic E-state index is -0.502. The van der Waals surface area contributed by atoms with Gasteiger partial charge in [0.15, 0.2) is 0 Å². The molecule has 4 aromatic rings. The summed E-state index contributed by atoms with van der Waals surface area (Å²) in [4.78, 5) is 19.5. The predicted octanol–water partition coefficient (Wildman–Crippen LogP) is 6.10. The third kappa shape index (κ3) is 4.02. The standard InChI is InChI=1S/C26H21ClN4O3/c1-16-22(25-29-24(30-34-25)18-7-4-3-5-8-18)23(17-11-13-21(33-2)14-12-17)28-26(32)31(16)20-10-6-9-19(27)15-20/h3-15,23H,1-2H3,(H,28,32). The zero-order valence-corrected chi connectivity index (χ0v) is 19.3. The van der Waals surface area contributed by atoms with Crippen molar-refractivity contribution < 1.29 is 14.1 Å². The number of ether oxygens (including phenoxy) is 1. The largest absolute Gasteiger partial charge is 0.497 e. The van der Waals surface area contributed by atoms with E-state index in [9.17, 15) is 4.79 Å². The van der Waals surface area contributed by atoms with E-state index < -0.39 is 6.04 Å². The summed E-state index contributed by atoms with van der Waals surface area (Å²) in [6, 6.07) is 23.4. The molecule has 7 nitrogen and oxygen atoms in total. The number of hydrogen-bond donors (Lipinski definition) is 1. The van der Waals surface area contributed by atoms with Crippen LogP contribution >= 0.6 is 11.6 Å². The third-order valence-corrected chi connectivity index (χ3v) is 5.92. The molecule has 0 saturated carbocycles. The van der Waals surface area contributed by atoms with Crippen molar-refractivity contribution in [3.05, 3.63) is 101 Å². The number of rotatable bonds is 5. The van der Waals surface area contributed by atoms with Crippen LogP contribution in [0.5, 0.6) is 5.75 Å². The lowest BCUT2D eigenvalue weighted by atomic mass is 9.94. The lowest BCUT2D eigenvalue weighted by Crippen LogP contribution is -2.46. The van der Waals surface area contributed by atoms with Crippen molar-refractivity contribution in [3.63, 3.8) is 0 Å². The number of benzene rings is 3. The number of nitrogens with one attached hydrogen (secondary N) is 1. The highest BCUT2D eigenvalue weighted by atomic mass is 35.5. The zero-order valence-electron chi connectivity index (χ0n) is 18.5. The van der Waals surface area contributed by atoms with Crippen molar-refractivity contribution in [2.75, 3.05) is 12.0 Å². The van der Waals surface area contributed by atoms with Gasteiger partial charge in [-0.3, -0.25) is 4.90 Å². The first-order valence-electron chi connectivity index (χ1n) is 10.7. The molecule has 0 aliphatic carbocycles. The maximum Gasteiger partial charge on any atom is 0.326 e. The normalized spacial score (nSPS) is 15.9. The molecule has 1 aliphatic heterocycles. The number of methoxy groups -OCH3 is 1. The molecule has 8 heteroatoms. The number of carbonyl (C=O) groups is 1. The predicted molar refractivity (Wildman–Crippen MR) is 131 cm³/mol. The van der Waals surface area contributed by atoms with Gasteiger partial charge < -0.3 is 14.6 Å². The van der Waals surface area contributed by atoms with Gasteiger partial charge in [0, 0.05) is 16.3 Å². The summed E-state index contributed by atoms with van der Waals surface area (Å²) >= 11 is 6.21. The van der Waals surface area contributed by atoms with Crippen LogP contribution in [0.25, 0.3) is 17.0 Å². The van der Waals surface area contributed by atoms with E-state index in [1.54, 1.807) is 30.2 Å². The van der Waals surface area contributed by atoms with Gasteiger partial charge in [0.1, 0.15) is 5.75 Å². The second-order valence-corrected chi connectivity index (χ2v) is 8.20. The first-order chi connectivity index (χ1) is 16.5. The van der Waals surface area contributed by atoms with Gasteiger partial charge in [-0.2, -0.15) is 4.98 Å². The highest BCUT2D eigenvalue weighted by Crippen LogP contribution is 2.39. The topological polar surface area (TPSA) is 80.5 Å². The van der Waals surface area contributed by atoms with Crippen molar-refractivity contribution in [2.24, 2.45) is 0 Å². The molecule has 1 unspecified atom stereocenters. The summed E-state index contributed by atoms with van der Waals surface area (Å²) < 4.78 is 11.0. The van der Waals surface area contributed by atoms with E-state index in [2.05, 4.69) is 15.5 Å². The Morgan fingerprint density at radius 2 is 1.79 bits per heavy atom.